The van der Waals surface area contributed by atoms with E-state index in [9.17, 15) is 27.9 Å². The third-order valence-corrected chi connectivity index (χ3v) is 3.23. The Morgan fingerprint density at radius 2 is 1.83 bits per heavy atom. The van der Waals surface area contributed by atoms with Gasteiger partial charge in [-0.1, -0.05) is 19.9 Å². The van der Waals surface area contributed by atoms with E-state index in [2.05, 4.69) is 10.6 Å². The van der Waals surface area contributed by atoms with E-state index in [1.165, 1.54) is 6.07 Å². The van der Waals surface area contributed by atoms with E-state index in [0.29, 0.717) is 6.42 Å². The van der Waals surface area contributed by atoms with E-state index in [1.807, 2.05) is 13.8 Å². The Morgan fingerprint density at radius 1 is 1.21 bits per heavy atom. The summed E-state index contributed by atoms with van der Waals surface area (Å²) in [5, 5.41) is 13.9. The molecule has 0 aliphatic carbocycles. The van der Waals surface area contributed by atoms with Gasteiger partial charge in [-0.15, -0.1) is 0 Å². The van der Waals surface area contributed by atoms with Crippen LogP contribution >= 0.6 is 0 Å². The minimum absolute atomic E-state index is 0.117. The lowest BCUT2D eigenvalue weighted by atomic mass is 9.87. The van der Waals surface area contributed by atoms with Gasteiger partial charge in [0, 0.05) is 12.2 Å². The van der Waals surface area contributed by atoms with Crippen LogP contribution in [0.3, 0.4) is 0 Å². The fourth-order valence-electron chi connectivity index (χ4n) is 2.23. The van der Waals surface area contributed by atoms with Crippen molar-refractivity contribution in [1.29, 1.82) is 0 Å². The Bertz CT molecular complexity index is 598. The number of amides is 2. The van der Waals surface area contributed by atoms with Crippen molar-refractivity contribution < 1.29 is 27.9 Å². The minimum Gasteiger partial charge on any atom is -0.393 e. The standard InChI is InChI=1S/C16H21F3N2O3/c1-10(22)8-15(2,3)9-20-13(23)14(24)21-12-6-4-5-11(7-12)16(17,18)19/h4-7,10,22H,8-9H2,1-3H3,(H,20,23)(H,21,24). The van der Waals surface area contributed by atoms with Crippen molar-refractivity contribution >= 4 is 17.5 Å². The average molecular weight is 346 g/mol. The second kappa shape index (κ2) is 7.65. The van der Waals surface area contributed by atoms with Crippen LogP contribution in [0.25, 0.3) is 0 Å². The number of aliphatic hydroxyl groups is 1. The first-order chi connectivity index (χ1) is 10.9. The molecule has 24 heavy (non-hydrogen) atoms. The number of hydrogen-bond acceptors (Lipinski definition) is 3. The summed E-state index contributed by atoms with van der Waals surface area (Å²) in [6.45, 7) is 5.38. The summed E-state index contributed by atoms with van der Waals surface area (Å²) < 4.78 is 37.8. The zero-order valence-corrected chi connectivity index (χ0v) is 13.7. The molecule has 1 aromatic rings. The number of alkyl halides is 3. The van der Waals surface area contributed by atoms with Gasteiger partial charge < -0.3 is 15.7 Å². The van der Waals surface area contributed by atoms with Crippen LogP contribution in [-0.4, -0.2) is 29.6 Å². The monoisotopic (exact) mass is 346 g/mol. The Balaban J connectivity index is 2.64. The van der Waals surface area contributed by atoms with Crippen LogP contribution in [0.1, 0.15) is 32.8 Å². The highest BCUT2D eigenvalue weighted by Crippen LogP contribution is 2.30. The summed E-state index contributed by atoms with van der Waals surface area (Å²) in [7, 11) is 0. The van der Waals surface area contributed by atoms with Gasteiger partial charge in [0.25, 0.3) is 0 Å². The second-order valence-electron chi connectivity index (χ2n) is 6.43. The Hall–Kier alpha value is -2.09. The number of anilines is 1. The minimum atomic E-state index is -4.53. The van der Waals surface area contributed by atoms with Gasteiger partial charge in [-0.25, -0.2) is 0 Å². The molecule has 1 atom stereocenters. The number of hydrogen-bond donors (Lipinski definition) is 3. The zero-order chi connectivity index (χ0) is 18.5. The molecule has 1 rings (SSSR count). The summed E-state index contributed by atoms with van der Waals surface area (Å²) in [4.78, 5) is 23.5. The van der Waals surface area contributed by atoms with E-state index < -0.39 is 35.1 Å². The summed E-state index contributed by atoms with van der Waals surface area (Å²) in [5.74, 6) is -2.01. The number of aliphatic hydroxyl groups excluding tert-OH is 1. The number of rotatable bonds is 5. The highest BCUT2D eigenvalue weighted by atomic mass is 19.4. The number of benzene rings is 1. The van der Waals surface area contributed by atoms with Crippen molar-refractivity contribution in [2.24, 2.45) is 5.41 Å². The molecule has 1 unspecified atom stereocenters. The van der Waals surface area contributed by atoms with Gasteiger partial charge in [0.1, 0.15) is 0 Å². The quantitative estimate of drug-likeness (QED) is 0.717. The van der Waals surface area contributed by atoms with Crippen LogP contribution < -0.4 is 10.6 Å². The lowest BCUT2D eigenvalue weighted by Gasteiger charge is -2.26. The summed E-state index contributed by atoms with van der Waals surface area (Å²) in [5.41, 5.74) is -1.47. The maximum Gasteiger partial charge on any atom is 0.416 e. The summed E-state index contributed by atoms with van der Waals surface area (Å²) in [6.07, 6.45) is -4.67. The van der Waals surface area contributed by atoms with Crippen LogP contribution in [0.2, 0.25) is 0 Å². The van der Waals surface area contributed by atoms with E-state index in [1.54, 1.807) is 6.92 Å². The first-order valence-corrected chi connectivity index (χ1v) is 7.35. The van der Waals surface area contributed by atoms with E-state index in [0.717, 1.165) is 18.2 Å². The van der Waals surface area contributed by atoms with Crippen LogP contribution in [0.4, 0.5) is 18.9 Å². The van der Waals surface area contributed by atoms with Gasteiger partial charge in [0.2, 0.25) is 0 Å². The van der Waals surface area contributed by atoms with Gasteiger partial charge in [-0.2, -0.15) is 13.2 Å². The molecular formula is C16H21F3N2O3. The second-order valence-corrected chi connectivity index (χ2v) is 6.43. The van der Waals surface area contributed by atoms with E-state index in [-0.39, 0.29) is 12.2 Å². The zero-order valence-electron chi connectivity index (χ0n) is 13.7. The van der Waals surface area contributed by atoms with Gasteiger partial charge in [0.15, 0.2) is 0 Å². The predicted octanol–water partition coefficient (Wildman–Crippen LogP) is 2.56. The fourth-order valence-corrected chi connectivity index (χ4v) is 2.23. The third-order valence-electron chi connectivity index (χ3n) is 3.23. The molecule has 0 fully saturated rings. The molecule has 2 amide bonds. The topological polar surface area (TPSA) is 78.4 Å². The van der Waals surface area contributed by atoms with E-state index >= 15 is 0 Å². The number of carbonyl (C=O) groups is 2. The van der Waals surface area contributed by atoms with Gasteiger partial charge in [0.05, 0.1) is 11.7 Å². The lowest BCUT2D eigenvalue weighted by Crippen LogP contribution is -2.41. The van der Waals surface area contributed by atoms with Crippen molar-refractivity contribution in [1.82, 2.24) is 5.32 Å². The Morgan fingerprint density at radius 3 is 2.38 bits per heavy atom. The molecule has 0 bridgehead atoms. The molecule has 8 heteroatoms. The molecule has 0 saturated carbocycles. The molecule has 3 N–H and O–H groups in total. The van der Waals surface area contributed by atoms with Crippen molar-refractivity contribution in [3.63, 3.8) is 0 Å². The van der Waals surface area contributed by atoms with Crippen LogP contribution in [0, 0.1) is 5.41 Å². The first-order valence-electron chi connectivity index (χ1n) is 7.35. The Labute approximate surface area is 138 Å². The van der Waals surface area contributed by atoms with Gasteiger partial charge >= 0.3 is 18.0 Å². The predicted molar refractivity (Wildman–Crippen MR) is 83.2 cm³/mol. The van der Waals surface area contributed by atoms with E-state index in [4.69, 9.17) is 0 Å². The summed E-state index contributed by atoms with van der Waals surface area (Å²) in [6, 6.07) is 4.02. The van der Waals surface area contributed by atoms with Crippen molar-refractivity contribution in [2.75, 3.05) is 11.9 Å². The molecule has 0 spiro atoms. The van der Waals surface area contributed by atoms with Crippen molar-refractivity contribution in [2.45, 2.75) is 39.5 Å². The molecule has 134 valence electrons. The number of halogens is 3. The Kier molecular flexibility index (Phi) is 6.36. The smallest absolute Gasteiger partial charge is 0.393 e. The van der Waals surface area contributed by atoms with Crippen LogP contribution in [-0.2, 0) is 15.8 Å². The number of nitrogens with one attached hydrogen (secondary N) is 2. The van der Waals surface area contributed by atoms with Crippen LogP contribution in [0.5, 0.6) is 0 Å². The molecule has 5 nitrogen and oxygen atoms in total. The fraction of sp³-hybridized carbons (Fsp3) is 0.500. The lowest BCUT2D eigenvalue weighted by molar-refractivity contribution is -0.137. The third kappa shape index (κ3) is 6.57. The number of carbonyl (C=O) groups excluding carboxylic acids is 2. The maximum atomic E-state index is 12.6. The molecule has 0 aliphatic rings. The van der Waals surface area contributed by atoms with Crippen molar-refractivity contribution in [3.8, 4) is 0 Å². The molecule has 0 aliphatic heterocycles. The molecule has 0 saturated heterocycles. The first kappa shape index (κ1) is 20.0. The molecule has 0 aromatic heterocycles. The van der Waals surface area contributed by atoms with Gasteiger partial charge in [-0.05, 0) is 37.0 Å². The molecular weight excluding hydrogens is 325 g/mol. The SMILES string of the molecule is CC(O)CC(C)(C)CNC(=O)C(=O)Nc1cccc(C(F)(F)F)c1. The molecule has 0 heterocycles. The van der Waals surface area contributed by atoms with Crippen LogP contribution in [0.15, 0.2) is 24.3 Å². The molecule has 0 radical (unpaired) electrons. The normalized spacial score (nSPS) is 13.3. The highest BCUT2D eigenvalue weighted by molar-refractivity contribution is 6.39. The molecule has 1 aromatic carbocycles. The van der Waals surface area contributed by atoms with Gasteiger partial charge in [-0.3, -0.25) is 9.59 Å². The largest absolute Gasteiger partial charge is 0.416 e. The average Bonchev–Trinajstić information content (AvgIpc) is 2.42. The maximum absolute atomic E-state index is 12.6. The highest BCUT2D eigenvalue weighted by Gasteiger charge is 2.30. The van der Waals surface area contributed by atoms with Crippen molar-refractivity contribution in [3.05, 3.63) is 29.8 Å². The summed E-state index contributed by atoms with van der Waals surface area (Å²) >= 11 is 0.